The van der Waals surface area contributed by atoms with Crippen LogP contribution < -0.4 is 10.6 Å². The Labute approximate surface area is 145 Å². The molecule has 1 aromatic carbocycles. The van der Waals surface area contributed by atoms with E-state index in [-0.39, 0.29) is 11.9 Å². The number of nitrogens with zero attached hydrogens (tertiary/aromatic N) is 1. The Morgan fingerprint density at radius 3 is 2.75 bits per heavy atom. The number of urea groups is 1. The first-order valence-corrected chi connectivity index (χ1v) is 8.96. The highest BCUT2D eigenvalue weighted by molar-refractivity contribution is 7.10. The van der Waals surface area contributed by atoms with Crippen LogP contribution in [0.1, 0.15) is 23.3 Å². The number of benzene rings is 1. The third-order valence-corrected chi connectivity index (χ3v) is 5.26. The summed E-state index contributed by atoms with van der Waals surface area (Å²) >= 11 is 1.64. The van der Waals surface area contributed by atoms with Gasteiger partial charge < -0.3 is 15.5 Å². The van der Waals surface area contributed by atoms with Crippen LogP contribution in [0.15, 0.2) is 41.8 Å². The van der Waals surface area contributed by atoms with E-state index in [0.29, 0.717) is 19.5 Å². The van der Waals surface area contributed by atoms with E-state index in [2.05, 4.69) is 10.6 Å². The SMILES string of the molecule is Cc1ccsc1CNC(=O)[C@@H]1CCCN1C(=O)Nc1ccccc1. The van der Waals surface area contributed by atoms with Gasteiger partial charge in [0.2, 0.25) is 5.91 Å². The molecule has 2 aromatic rings. The lowest BCUT2D eigenvalue weighted by Gasteiger charge is -2.24. The monoisotopic (exact) mass is 343 g/mol. The first-order chi connectivity index (χ1) is 11.6. The van der Waals surface area contributed by atoms with Crippen molar-refractivity contribution in [2.24, 2.45) is 0 Å². The maximum Gasteiger partial charge on any atom is 0.322 e. The number of carbonyl (C=O) groups excluding carboxylic acids is 2. The largest absolute Gasteiger partial charge is 0.349 e. The first-order valence-electron chi connectivity index (χ1n) is 8.08. The van der Waals surface area contributed by atoms with Gasteiger partial charge in [-0.3, -0.25) is 4.79 Å². The van der Waals surface area contributed by atoms with E-state index in [0.717, 1.165) is 17.0 Å². The maximum absolute atomic E-state index is 12.5. The summed E-state index contributed by atoms with van der Waals surface area (Å²) in [5.41, 5.74) is 1.92. The number of amides is 3. The molecule has 0 bridgehead atoms. The summed E-state index contributed by atoms with van der Waals surface area (Å²) in [6.45, 7) is 3.16. The molecule has 1 aliphatic heterocycles. The molecule has 3 rings (SSSR count). The Morgan fingerprint density at radius 1 is 1.25 bits per heavy atom. The lowest BCUT2D eigenvalue weighted by Crippen LogP contribution is -2.47. The van der Waals surface area contributed by atoms with Crippen molar-refractivity contribution in [3.8, 4) is 0 Å². The summed E-state index contributed by atoms with van der Waals surface area (Å²) in [6, 6.07) is 10.7. The van der Waals surface area contributed by atoms with Crippen LogP contribution in [0.2, 0.25) is 0 Å². The number of carbonyl (C=O) groups is 2. The minimum atomic E-state index is -0.394. The molecule has 1 aliphatic rings. The van der Waals surface area contributed by atoms with E-state index in [9.17, 15) is 9.59 Å². The molecule has 5 nitrogen and oxygen atoms in total. The number of para-hydroxylation sites is 1. The number of thiophene rings is 1. The molecule has 3 amide bonds. The van der Waals surface area contributed by atoms with Gasteiger partial charge in [-0.1, -0.05) is 18.2 Å². The molecule has 2 N–H and O–H groups in total. The third kappa shape index (κ3) is 3.76. The Bertz CT molecular complexity index is 714. The summed E-state index contributed by atoms with van der Waals surface area (Å²) in [7, 11) is 0. The molecule has 1 atom stereocenters. The van der Waals surface area contributed by atoms with Gasteiger partial charge in [0.25, 0.3) is 0 Å². The zero-order valence-corrected chi connectivity index (χ0v) is 14.4. The van der Waals surface area contributed by atoms with Gasteiger partial charge >= 0.3 is 6.03 Å². The van der Waals surface area contributed by atoms with E-state index in [1.54, 1.807) is 16.2 Å². The molecule has 2 heterocycles. The quantitative estimate of drug-likeness (QED) is 0.894. The van der Waals surface area contributed by atoms with Crippen molar-refractivity contribution < 1.29 is 9.59 Å². The fourth-order valence-electron chi connectivity index (χ4n) is 2.87. The van der Waals surface area contributed by atoms with E-state index in [4.69, 9.17) is 0 Å². The van der Waals surface area contributed by atoms with Crippen molar-refractivity contribution in [1.82, 2.24) is 10.2 Å². The van der Waals surface area contributed by atoms with Crippen molar-refractivity contribution in [2.75, 3.05) is 11.9 Å². The van der Waals surface area contributed by atoms with Gasteiger partial charge in [-0.05, 0) is 48.9 Å². The number of anilines is 1. The van der Waals surface area contributed by atoms with Crippen LogP contribution in [0, 0.1) is 6.92 Å². The minimum absolute atomic E-state index is 0.0801. The number of aryl methyl sites for hydroxylation is 1. The summed E-state index contributed by atoms with van der Waals surface area (Å²) in [5, 5.41) is 7.84. The minimum Gasteiger partial charge on any atom is -0.349 e. The molecule has 0 unspecified atom stereocenters. The average molecular weight is 343 g/mol. The number of hydrogen-bond donors (Lipinski definition) is 2. The first kappa shape index (κ1) is 16.5. The van der Waals surface area contributed by atoms with Crippen LogP contribution >= 0.6 is 11.3 Å². The van der Waals surface area contributed by atoms with Gasteiger partial charge in [-0.2, -0.15) is 0 Å². The number of hydrogen-bond acceptors (Lipinski definition) is 3. The Hall–Kier alpha value is -2.34. The Morgan fingerprint density at radius 2 is 2.04 bits per heavy atom. The van der Waals surface area contributed by atoms with Crippen molar-refractivity contribution in [3.63, 3.8) is 0 Å². The van der Waals surface area contributed by atoms with E-state index < -0.39 is 6.04 Å². The van der Waals surface area contributed by atoms with Crippen LogP contribution in [0.4, 0.5) is 10.5 Å². The molecule has 0 spiro atoms. The van der Waals surface area contributed by atoms with Crippen LogP contribution in [-0.2, 0) is 11.3 Å². The standard InChI is InChI=1S/C18H21N3O2S/c1-13-9-11-24-16(13)12-19-17(22)15-8-5-10-21(15)18(23)20-14-6-3-2-4-7-14/h2-4,6-7,9,11,15H,5,8,10,12H2,1H3,(H,19,22)(H,20,23)/t15-/m0/s1. The van der Waals surface area contributed by atoms with Crippen LogP contribution in [0.25, 0.3) is 0 Å². The number of likely N-dealkylation sites (tertiary alicyclic amines) is 1. The van der Waals surface area contributed by atoms with Gasteiger partial charge in [0.1, 0.15) is 6.04 Å². The van der Waals surface area contributed by atoms with E-state index in [1.807, 2.05) is 48.7 Å². The lowest BCUT2D eigenvalue weighted by atomic mass is 10.2. The zero-order valence-electron chi connectivity index (χ0n) is 13.6. The summed E-state index contributed by atoms with van der Waals surface area (Å²) < 4.78 is 0. The van der Waals surface area contributed by atoms with Crippen LogP contribution in [-0.4, -0.2) is 29.4 Å². The Kier molecular flexibility index (Phi) is 5.15. The molecule has 24 heavy (non-hydrogen) atoms. The van der Waals surface area contributed by atoms with Gasteiger partial charge in [0.15, 0.2) is 0 Å². The molecule has 1 fully saturated rings. The molecule has 0 aliphatic carbocycles. The predicted octanol–water partition coefficient (Wildman–Crippen LogP) is 3.37. The van der Waals surface area contributed by atoms with Crippen molar-refractivity contribution in [3.05, 3.63) is 52.2 Å². The fraction of sp³-hybridized carbons (Fsp3) is 0.333. The predicted molar refractivity (Wildman–Crippen MR) is 96.1 cm³/mol. The second-order valence-electron chi connectivity index (χ2n) is 5.89. The van der Waals surface area contributed by atoms with E-state index in [1.165, 1.54) is 5.56 Å². The molecule has 6 heteroatoms. The third-order valence-electron chi connectivity index (χ3n) is 4.23. The van der Waals surface area contributed by atoms with Gasteiger partial charge in [0, 0.05) is 17.1 Å². The highest BCUT2D eigenvalue weighted by atomic mass is 32.1. The topological polar surface area (TPSA) is 61.4 Å². The molecule has 0 radical (unpaired) electrons. The van der Waals surface area contributed by atoms with Gasteiger partial charge in [-0.15, -0.1) is 11.3 Å². The van der Waals surface area contributed by atoms with E-state index >= 15 is 0 Å². The molecule has 1 aromatic heterocycles. The molecular formula is C18H21N3O2S. The smallest absolute Gasteiger partial charge is 0.322 e. The highest BCUT2D eigenvalue weighted by Crippen LogP contribution is 2.20. The second kappa shape index (κ2) is 7.49. The number of rotatable bonds is 4. The van der Waals surface area contributed by atoms with Crippen molar-refractivity contribution >= 4 is 29.0 Å². The summed E-state index contributed by atoms with van der Waals surface area (Å²) in [4.78, 5) is 27.7. The average Bonchev–Trinajstić information content (AvgIpc) is 3.22. The maximum atomic E-state index is 12.5. The zero-order chi connectivity index (χ0) is 16.9. The van der Waals surface area contributed by atoms with Crippen LogP contribution in [0.5, 0.6) is 0 Å². The lowest BCUT2D eigenvalue weighted by molar-refractivity contribution is -0.124. The fourth-order valence-corrected chi connectivity index (χ4v) is 3.72. The number of nitrogens with one attached hydrogen (secondary N) is 2. The molecule has 0 saturated carbocycles. The molecule has 1 saturated heterocycles. The summed E-state index contributed by atoms with van der Waals surface area (Å²) in [6.07, 6.45) is 1.55. The second-order valence-corrected chi connectivity index (χ2v) is 6.89. The Balaban J connectivity index is 1.59. The van der Waals surface area contributed by atoms with Crippen molar-refractivity contribution in [1.29, 1.82) is 0 Å². The van der Waals surface area contributed by atoms with Gasteiger partial charge in [0.05, 0.1) is 6.54 Å². The normalized spacial score (nSPS) is 16.9. The van der Waals surface area contributed by atoms with Gasteiger partial charge in [-0.25, -0.2) is 4.79 Å². The molecule has 126 valence electrons. The molecular weight excluding hydrogens is 322 g/mol. The summed E-state index contributed by atoms with van der Waals surface area (Å²) in [5.74, 6) is -0.0801. The highest BCUT2D eigenvalue weighted by Gasteiger charge is 2.34. The van der Waals surface area contributed by atoms with Crippen LogP contribution in [0.3, 0.4) is 0 Å². The van der Waals surface area contributed by atoms with Crippen molar-refractivity contribution in [2.45, 2.75) is 32.4 Å².